The molecule has 130 valence electrons. The molecule has 0 unspecified atom stereocenters. The summed E-state index contributed by atoms with van der Waals surface area (Å²) in [6.45, 7) is 10.7. The van der Waals surface area contributed by atoms with Gasteiger partial charge in [-0.15, -0.1) is 0 Å². The lowest BCUT2D eigenvalue weighted by atomic mass is 9.86. The van der Waals surface area contributed by atoms with Gasteiger partial charge >= 0.3 is 0 Å². The van der Waals surface area contributed by atoms with E-state index in [0.717, 1.165) is 17.0 Å². The van der Waals surface area contributed by atoms with Crippen LogP contribution < -0.4 is 11.1 Å². The van der Waals surface area contributed by atoms with Gasteiger partial charge in [0.25, 0.3) is 0 Å². The van der Waals surface area contributed by atoms with Crippen LogP contribution in [0.25, 0.3) is 0 Å². The number of imidazole rings is 1. The number of nitrogens with one attached hydrogen (secondary N) is 1. The van der Waals surface area contributed by atoms with E-state index in [4.69, 9.17) is 5.73 Å². The predicted molar refractivity (Wildman–Crippen MR) is 93.2 cm³/mol. The Morgan fingerprint density at radius 2 is 1.92 bits per heavy atom. The summed E-state index contributed by atoms with van der Waals surface area (Å²) in [4.78, 5) is 24.9. The van der Waals surface area contributed by atoms with Crippen LogP contribution in [0.3, 0.4) is 0 Å². The number of rotatable bonds is 5. The van der Waals surface area contributed by atoms with E-state index < -0.39 is 0 Å². The van der Waals surface area contributed by atoms with Crippen molar-refractivity contribution in [3.8, 4) is 0 Å². The van der Waals surface area contributed by atoms with Crippen LogP contribution >= 0.6 is 0 Å². The number of anilines is 1. The Labute approximate surface area is 142 Å². The monoisotopic (exact) mass is 330 g/mol. The number of nitrogens with two attached hydrogens (primary N) is 1. The van der Waals surface area contributed by atoms with E-state index >= 15 is 0 Å². The molecule has 2 aromatic rings. The molecule has 24 heavy (non-hydrogen) atoms. The molecule has 0 saturated heterocycles. The number of hydrogen-bond acceptors (Lipinski definition) is 5. The molecule has 0 aromatic carbocycles. The van der Waals surface area contributed by atoms with Crippen molar-refractivity contribution in [3.05, 3.63) is 35.7 Å². The zero-order valence-electron chi connectivity index (χ0n) is 15.0. The Balaban J connectivity index is 2.11. The summed E-state index contributed by atoms with van der Waals surface area (Å²) in [6.07, 6.45) is 5.63. The number of carbonyl (C=O) groups is 1. The lowest BCUT2D eigenvalue weighted by molar-refractivity contribution is -0.122. The van der Waals surface area contributed by atoms with Crippen LogP contribution in [0.4, 0.5) is 5.95 Å². The molecule has 0 aliphatic carbocycles. The fourth-order valence-corrected chi connectivity index (χ4v) is 2.57. The molecule has 7 nitrogen and oxygen atoms in total. The predicted octanol–water partition coefficient (Wildman–Crippen LogP) is 1.65. The Kier molecular flexibility index (Phi) is 5.21. The van der Waals surface area contributed by atoms with Crippen molar-refractivity contribution >= 4 is 11.9 Å². The van der Waals surface area contributed by atoms with E-state index in [0.29, 0.717) is 6.54 Å². The molecule has 1 atom stereocenters. The van der Waals surface area contributed by atoms with Gasteiger partial charge in [0.05, 0.1) is 18.8 Å². The van der Waals surface area contributed by atoms with Crippen molar-refractivity contribution < 1.29 is 4.79 Å². The molecule has 2 aromatic heterocycles. The molecule has 7 heteroatoms. The summed E-state index contributed by atoms with van der Waals surface area (Å²) in [5, 5.41) is 3.14. The second-order valence-electron chi connectivity index (χ2n) is 7.15. The molecule has 1 amide bonds. The molecule has 2 rings (SSSR count). The van der Waals surface area contributed by atoms with Gasteiger partial charge in [0.1, 0.15) is 0 Å². The molecular weight excluding hydrogens is 304 g/mol. The number of nitrogen functional groups attached to an aromatic ring is 1. The number of carbonyl (C=O) groups excluding carboxylic acids is 1. The van der Waals surface area contributed by atoms with Crippen LogP contribution in [0.2, 0.25) is 0 Å². The van der Waals surface area contributed by atoms with Gasteiger partial charge in [-0.3, -0.25) is 4.79 Å². The first-order valence-corrected chi connectivity index (χ1v) is 8.01. The fraction of sp³-hybridized carbons (Fsp3) is 0.529. The van der Waals surface area contributed by atoms with E-state index in [1.54, 1.807) is 12.5 Å². The first kappa shape index (κ1) is 17.9. The van der Waals surface area contributed by atoms with Crippen molar-refractivity contribution in [1.82, 2.24) is 24.8 Å². The number of nitrogens with zero attached hydrogens (tertiary/aromatic N) is 4. The largest absolute Gasteiger partial charge is 0.368 e. The zero-order valence-corrected chi connectivity index (χ0v) is 15.0. The molecule has 0 fully saturated rings. The highest BCUT2D eigenvalue weighted by molar-refractivity contribution is 5.79. The summed E-state index contributed by atoms with van der Waals surface area (Å²) >= 11 is 0. The summed E-state index contributed by atoms with van der Waals surface area (Å²) < 4.78 is 1.97. The Bertz CT molecular complexity index is 679. The van der Waals surface area contributed by atoms with E-state index in [9.17, 15) is 4.79 Å². The average molecular weight is 330 g/mol. The molecule has 2 heterocycles. The minimum absolute atomic E-state index is 0.0190. The standard InChI is InChI=1S/C17H26N6O/c1-11-13(12(2)21-16(18)20-11)8-15(24)22-14(17(3,4)5)9-23-7-6-19-10-23/h6-7,10,14H,8-9H2,1-5H3,(H,22,24)(H2,18,20,21)/t14-/m1/s1. The van der Waals surface area contributed by atoms with Crippen LogP contribution in [0.5, 0.6) is 0 Å². The normalized spacial score (nSPS) is 12.9. The number of amides is 1. The van der Waals surface area contributed by atoms with E-state index in [1.807, 2.05) is 24.6 Å². The SMILES string of the molecule is Cc1nc(N)nc(C)c1CC(=O)N[C@H](Cn1ccnc1)C(C)(C)C. The third-order valence-electron chi connectivity index (χ3n) is 4.11. The molecule has 0 radical (unpaired) electrons. The summed E-state index contributed by atoms with van der Waals surface area (Å²) in [7, 11) is 0. The highest BCUT2D eigenvalue weighted by Gasteiger charge is 2.27. The highest BCUT2D eigenvalue weighted by Crippen LogP contribution is 2.21. The van der Waals surface area contributed by atoms with Gasteiger partial charge in [0.15, 0.2) is 0 Å². The highest BCUT2D eigenvalue weighted by atomic mass is 16.1. The average Bonchev–Trinajstić information content (AvgIpc) is 2.94. The maximum absolute atomic E-state index is 12.6. The van der Waals surface area contributed by atoms with Gasteiger partial charge in [-0.2, -0.15) is 0 Å². The van der Waals surface area contributed by atoms with Gasteiger partial charge in [-0.1, -0.05) is 20.8 Å². The summed E-state index contributed by atoms with van der Waals surface area (Å²) in [6, 6.07) is -0.0190. The van der Waals surface area contributed by atoms with Crippen LogP contribution in [-0.4, -0.2) is 31.5 Å². The van der Waals surface area contributed by atoms with Crippen molar-refractivity contribution in [2.75, 3.05) is 5.73 Å². The smallest absolute Gasteiger partial charge is 0.224 e. The second kappa shape index (κ2) is 6.98. The topological polar surface area (TPSA) is 98.7 Å². The third kappa shape index (κ3) is 4.53. The third-order valence-corrected chi connectivity index (χ3v) is 4.11. The molecular formula is C17H26N6O. The van der Waals surface area contributed by atoms with Crippen LogP contribution in [0.15, 0.2) is 18.7 Å². The molecule has 0 spiro atoms. The van der Waals surface area contributed by atoms with Crippen LogP contribution in [-0.2, 0) is 17.8 Å². The van der Waals surface area contributed by atoms with E-state index in [2.05, 4.69) is 41.0 Å². The Hall–Kier alpha value is -2.44. The van der Waals surface area contributed by atoms with Gasteiger partial charge < -0.3 is 15.6 Å². The van der Waals surface area contributed by atoms with Gasteiger partial charge in [0, 0.05) is 35.9 Å². The van der Waals surface area contributed by atoms with Crippen LogP contribution in [0, 0.1) is 19.3 Å². The first-order chi connectivity index (χ1) is 11.2. The maximum atomic E-state index is 12.6. The summed E-state index contributed by atoms with van der Waals surface area (Å²) in [5.74, 6) is 0.191. The number of aryl methyl sites for hydroxylation is 2. The minimum atomic E-state index is -0.0817. The minimum Gasteiger partial charge on any atom is -0.368 e. The molecule has 0 bridgehead atoms. The molecule has 0 saturated carbocycles. The lowest BCUT2D eigenvalue weighted by Crippen LogP contribution is -2.47. The van der Waals surface area contributed by atoms with Crippen molar-refractivity contribution in [3.63, 3.8) is 0 Å². The van der Waals surface area contributed by atoms with Crippen molar-refractivity contribution in [1.29, 1.82) is 0 Å². The van der Waals surface area contributed by atoms with E-state index in [-0.39, 0.29) is 29.7 Å². The van der Waals surface area contributed by atoms with Gasteiger partial charge in [-0.25, -0.2) is 15.0 Å². The second-order valence-corrected chi connectivity index (χ2v) is 7.15. The van der Waals surface area contributed by atoms with Crippen molar-refractivity contribution in [2.45, 2.75) is 53.6 Å². The Morgan fingerprint density at radius 3 is 2.42 bits per heavy atom. The lowest BCUT2D eigenvalue weighted by Gasteiger charge is -2.32. The molecule has 0 aliphatic rings. The maximum Gasteiger partial charge on any atom is 0.224 e. The van der Waals surface area contributed by atoms with Crippen molar-refractivity contribution in [2.24, 2.45) is 5.41 Å². The first-order valence-electron chi connectivity index (χ1n) is 8.01. The fourth-order valence-electron chi connectivity index (χ4n) is 2.57. The molecule has 3 N–H and O–H groups in total. The number of hydrogen-bond donors (Lipinski definition) is 2. The van der Waals surface area contributed by atoms with Crippen LogP contribution in [0.1, 0.15) is 37.7 Å². The van der Waals surface area contributed by atoms with E-state index in [1.165, 1.54) is 0 Å². The summed E-state index contributed by atoms with van der Waals surface area (Å²) in [5.41, 5.74) is 7.88. The number of aromatic nitrogens is 4. The zero-order chi connectivity index (χ0) is 17.9. The Morgan fingerprint density at radius 1 is 1.29 bits per heavy atom. The quantitative estimate of drug-likeness (QED) is 0.868. The molecule has 0 aliphatic heterocycles. The van der Waals surface area contributed by atoms with Gasteiger partial charge in [0.2, 0.25) is 11.9 Å². The van der Waals surface area contributed by atoms with Gasteiger partial charge in [-0.05, 0) is 19.3 Å².